The summed E-state index contributed by atoms with van der Waals surface area (Å²) in [6.45, 7) is 7.20. The number of hydrogen-bond acceptors (Lipinski definition) is 6. The van der Waals surface area contributed by atoms with Crippen LogP contribution in [0, 0.1) is 0 Å². The number of nitrogens with zero attached hydrogens (tertiary/aromatic N) is 3. The quantitative estimate of drug-likeness (QED) is 0.189. The SMILES string of the molecule is CC1OB(c2ccc(COc3c(Cc4ccco4)nc4n3CC(c3ccccc3)N=C4Cc3ccccc3)cc2)OC1(C)C. The third kappa shape index (κ3) is 5.88. The normalized spacial score (nSPS) is 19.1. The Morgan fingerprint density at radius 2 is 1.64 bits per heavy atom. The van der Waals surface area contributed by atoms with Crippen LogP contribution in [-0.2, 0) is 35.3 Å². The predicted molar refractivity (Wildman–Crippen MR) is 171 cm³/mol. The molecule has 2 unspecified atom stereocenters. The summed E-state index contributed by atoms with van der Waals surface area (Å²) in [5.41, 5.74) is 5.87. The summed E-state index contributed by atoms with van der Waals surface area (Å²) in [6, 6.07) is 33.0. The summed E-state index contributed by atoms with van der Waals surface area (Å²) in [5.74, 6) is 2.43. The molecule has 0 amide bonds. The van der Waals surface area contributed by atoms with Crippen molar-refractivity contribution in [2.45, 2.75) is 64.5 Å². The molecular weight excluding hydrogens is 549 g/mol. The fraction of sp³-hybridized carbons (Fsp3) is 0.278. The van der Waals surface area contributed by atoms with Crippen molar-refractivity contribution < 1.29 is 18.5 Å². The zero-order chi connectivity index (χ0) is 30.1. The molecular formula is C36H36BN3O4. The fourth-order valence-electron chi connectivity index (χ4n) is 5.78. The van der Waals surface area contributed by atoms with Gasteiger partial charge in [-0.2, -0.15) is 0 Å². The minimum atomic E-state index is -0.367. The molecule has 0 saturated carbocycles. The highest BCUT2D eigenvalue weighted by Crippen LogP contribution is 2.34. The molecule has 5 aromatic rings. The van der Waals surface area contributed by atoms with Crippen molar-refractivity contribution in [1.29, 1.82) is 0 Å². The van der Waals surface area contributed by atoms with Gasteiger partial charge < -0.3 is 18.5 Å². The number of benzene rings is 3. The molecule has 2 atom stereocenters. The second-order valence-corrected chi connectivity index (χ2v) is 12.1. The molecule has 0 N–H and O–H groups in total. The highest BCUT2D eigenvalue weighted by molar-refractivity contribution is 6.62. The van der Waals surface area contributed by atoms with Crippen LogP contribution in [0.3, 0.4) is 0 Å². The maximum absolute atomic E-state index is 6.65. The van der Waals surface area contributed by atoms with E-state index in [1.54, 1.807) is 6.26 Å². The molecule has 222 valence electrons. The number of rotatable bonds is 9. The maximum atomic E-state index is 6.65. The topological polar surface area (TPSA) is 71.0 Å². The van der Waals surface area contributed by atoms with Crippen LogP contribution >= 0.6 is 0 Å². The van der Waals surface area contributed by atoms with Crippen LogP contribution in [0.5, 0.6) is 5.88 Å². The van der Waals surface area contributed by atoms with Crippen LogP contribution in [0.4, 0.5) is 0 Å². The van der Waals surface area contributed by atoms with Gasteiger partial charge in [0.05, 0.1) is 42.7 Å². The Morgan fingerprint density at radius 3 is 2.32 bits per heavy atom. The molecule has 3 aromatic carbocycles. The Bertz CT molecular complexity index is 1730. The number of hydrogen-bond donors (Lipinski definition) is 0. The van der Waals surface area contributed by atoms with E-state index in [0.29, 0.717) is 26.0 Å². The van der Waals surface area contributed by atoms with Crippen molar-refractivity contribution in [1.82, 2.24) is 9.55 Å². The number of fused-ring (bicyclic) bond motifs is 1. The number of aromatic nitrogens is 2. The lowest BCUT2D eigenvalue weighted by Gasteiger charge is -2.24. The minimum Gasteiger partial charge on any atom is -0.473 e. The van der Waals surface area contributed by atoms with Crippen LogP contribution in [0.25, 0.3) is 0 Å². The van der Waals surface area contributed by atoms with Crippen LogP contribution in [0.15, 0.2) is 113 Å². The van der Waals surface area contributed by atoms with Crippen LogP contribution in [-0.4, -0.2) is 34.1 Å². The van der Waals surface area contributed by atoms with Crippen LogP contribution in [0.2, 0.25) is 0 Å². The van der Waals surface area contributed by atoms with Crippen molar-refractivity contribution >= 4 is 18.3 Å². The lowest BCUT2D eigenvalue weighted by atomic mass is 9.79. The Kier molecular flexibility index (Phi) is 7.70. The average molecular weight is 586 g/mol. The van der Waals surface area contributed by atoms with Crippen molar-refractivity contribution in [2.24, 2.45) is 4.99 Å². The Labute approximate surface area is 258 Å². The van der Waals surface area contributed by atoms with Gasteiger partial charge in [-0.1, -0.05) is 84.9 Å². The first-order valence-electron chi connectivity index (χ1n) is 15.3. The molecule has 2 aromatic heterocycles. The molecule has 0 bridgehead atoms. The fourth-order valence-corrected chi connectivity index (χ4v) is 5.78. The largest absolute Gasteiger partial charge is 0.494 e. The van der Waals surface area contributed by atoms with E-state index in [1.165, 1.54) is 11.1 Å². The van der Waals surface area contributed by atoms with Gasteiger partial charge in [0, 0.05) is 6.42 Å². The monoisotopic (exact) mass is 585 g/mol. The van der Waals surface area contributed by atoms with Gasteiger partial charge in [-0.3, -0.25) is 9.56 Å². The summed E-state index contributed by atoms with van der Waals surface area (Å²) in [4.78, 5) is 10.4. The average Bonchev–Trinajstić information content (AvgIpc) is 3.75. The number of imidazole rings is 1. The van der Waals surface area contributed by atoms with Gasteiger partial charge in [0.1, 0.15) is 18.1 Å². The van der Waals surface area contributed by atoms with E-state index in [9.17, 15) is 0 Å². The summed E-state index contributed by atoms with van der Waals surface area (Å²) in [7, 11) is -0.367. The van der Waals surface area contributed by atoms with E-state index >= 15 is 0 Å². The van der Waals surface area contributed by atoms with Gasteiger partial charge in [-0.15, -0.1) is 0 Å². The third-order valence-electron chi connectivity index (χ3n) is 8.58. The summed E-state index contributed by atoms with van der Waals surface area (Å²) in [6.07, 6.45) is 2.93. The summed E-state index contributed by atoms with van der Waals surface area (Å²) >= 11 is 0. The molecule has 7 nitrogen and oxygen atoms in total. The molecule has 4 heterocycles. The van der Waals surface area contributed by atoms with Gasteiger partial charge in [-0.25, -0.2) is 4.98 Å². The second kappa shape index (κ2) is 11.9. The molecule has 44 heavy (non-hydrogen) atoms. The van der Waals surface area contributed by atoms with Crippen molar-refractivity contribution in [3.05, 3.63) is 137 Å². The van der Waals surface area contributed by atoms with Crippen molar-refractivity contribution in [3.8, 4) is 5.88 Å². The molecule has 1 saturated heterocycles. The van der Waals surface area contributed by atoms with E-state index in [-0.39, 0.29) is 24.9 Å². The first-order chi connectivity index (χ1) is 21.4. The van der Waals surface area contributed by atoms with E-state index in [1.807, 2.05) is 31.2 Å². The molecule has 2 aliphatic heterocycles. The van der Waals surface area contributed by atoms with Gasteiger partial charge in [-0.05, 0) is 55.1 Å². The van der Waals surface area contributed by atoms with Crippen molar-refractivity contribution in [3.63, 3.8) is 0 Å². The molecule has 8 heteroatoms. The number of furan rings is 1. The minimum absolute atomic E-state index is 0.0196. The third-order valence-corrected chi connectivity index (χ3v) is 8.58. The maximum Gasteiger partial charge on any atom is 0.494 e. The van der Waals surface area contributed by atoms with Gasteiger partial charge >= 0.3 is 7.12 Å². The highest BCUT2D eigenvalue weighted by atomic mass is 16.7. The second-order valence-electron chi connectivity index (χ2n) is 12.1. The predicted octanol–water partition coefficient (Wildman–Crippen LogP) is 6.34. The molecule has 1 fully saturated rings. The number of aliphatic imine (C=N–C) groups is 1. The molecule has 0 aliphatic carbocycles. The molecule has 0 radical (unpaired) electrons. The van der Waals surface area contributed by atoms with E-state index in [4.69, 9.17) is 28.4 Å². The summed E-state index contributed by atoms with van der Waals surface area (Å²) in [5, 5.41) is 0. The zero-order valence-corrected chi connectivity index (χ0v) is 25.4. The lowest BCUT2D eigenvalue weighted by molar-refractivity contribution is 0.0842. The van der Waals surface area contributed by atoms with Gasteiger partial charge in [0.2, 0.25) is 5.88 Å². The van der Waals surface area contributed by atoms with E-state index < -0.39 is 0 Å². The zero-order valence-electron chi connectivity index (χ0n) is 25.4. The Balaban J connectivity index is 1.20. The van der Waals surface area contributed by atoms with Crippen LogP contribution < -0.4 is 10.2 Å². The standard InChI is InChI=1S/C36H36BN3O4/c1-25-36(2,3)44-37(43-25)29-18-16-27(17-19-29)24-42-35-32(22-30-15-10-20-41-30)39-34-31(21-26-11-6-4-7-12-26)38-33(23-40(34)35)28-13-8-5-9-14-28/h4-20,25,33H,21-24H2,1-3H3. The molecule has 0 spiro atoms. The van der Waals surface area contributed by atoms with E-state index in [2.05, 4.69) is 91.2 Å². The van der Waals surface area contributed by atoms with Gasteiger partial charge in [0.15, 0.2) is 5.82 Å². The highest BCUT2D eigenvalue weighted by Gasteiger charge is 2.43. The Morgan fingerprint density at radius 1 is 0.886 bits per heavy atom. The van der Waals surface area contributed by atoms with Crippen molar-refractivity contribution in [2.75, 3.05) is 0 Å². The van der Waals surface area contributed by atoms with E-state index in [0.717, 1.165) is 39.9 Å². The Hall–Kier alpha value is -4.40. The lowest BCUT2D eigenvalue weighted by Crippen LogP contribution is -2.34. The first-order valence-corrected chi connectivity index (χ1v) is 15.3. The number of ether oxygens (including phenoxy) is 1. The smallest absolute Gasteiger partial charge is 0.473 e. The van der Waals surface area contributed by atoms with Crippen LogP contribution in [0.1, 0.15) is 60.8 Å². The van der Waals surface area contributed by atoms with Gasteiger partial charge in [0.25, 0.3) is 0 Å². The molecule has 7 rings (SSSR count). The first kappa shape index (κ1) is 28.4. The summed E-state index contributed by atoms with van der Waals surface area (Å²) < 4.78 is 26.8. The molecule has 2 aliphatic rings.